The molecular weight excluding hydrogens is 374 g/mol. The van der Waals surface area contributed by atoms with E-state index in [1.54, 1.807) is 17.1 Å². The summed E-state index contributed by atoms with van der Waals surface area (Å²) in [6, 6.07) is 13.4. The molecule has 0 saturated heterocycles. The van der Waals surface area contributed by atoms with Crippen molar-refractivity contribution >= 4 is 34.2 Å². The molecular formula is C21H16ClN5O. The molecule has 0 bridgehead atoms. The summed E-state index contributed by atoms with van der Waals surface area (Å²) in [5.41, 5.74) is 4.38. The molecule has 1 aliphatic heterocycles. The molecule has 0 fully saturated rings. The van der Waals surface area contributed by atoms with Crippen molar-refractivity contribution in [1.29, 1.82) is 0 Å². The Kier molecular flexibility index (Phi) is 3.87. The molecule has 5 rings (SSSR count). The first kappa shape index (κ1) is 16.9. The number of amides is 1. The van der Waals surface area contributed by atoms with E-state index in [4.69, 9.17) is 16.6 Å². The van der Waals surface area contributed by atoms with E-state index in [9.17, 15) is 4.79 Å². The number of carbonyl (C=O) groups excluding carboxylic acids is 1. The fourth-order valence-corrected chi connectivity index (χ4v) is 3.94. The summed E-state index contributed by atoms with van der Waals surface area (Å²) in [5.74, 6) is 0.474. The molecule has 138 valence electrons. The summed E-state index contributed by atoms with van der Waals surface area (Å²) in [6.07, 6.45) is 3.83. The zero-order valence-corrected chi connectivity index (χ0v) is 15.8. The molecule has 4 aromatic rings. The van der Waals surface area contributed by atoms with Crippen LogP contribution in [0.4, 0.5) is 5.82 Å². The van der Waals surface area contributed by atoms with Crippen LogP contribution in [0, 0.1) is 0 Å². The zero-order chi connectivity index (χ0) is 19.3. The monoisotopic (exact) mass is 389 g/mol. The number of fused-ring (bicyclic) bond motifs is 2. The Bertz CT molecular complexity index is 1220. The van der Waals surface area contributed by atoms with Crippen LogP contribution in [0.5, 0.6) is 0 Å². The van der Waals surface area contributed by atoms with Crippen LogP contribution in [0.1, 0.15) is 23.6 Å². The predicted molar refractivity (Wildman–Crippen MR) is 108 cm³/mol. The fourth-order valence-electron chi connectivity index (χ4n) is 3.76. The lowest BCUT2D eigenvalue weighted by Gasteiger charge is -2.24. The van der Waals surface area contributed by atoms with Gasteiger partial charge in [-0.15, -0.1) is 0 Å². The smallest absolute Gasteiger partial charge is 0.226 e. The molecule has 3 aromatic heterocycles. The van der Waals surface area contributed by atoms with Crippen molar-refractivity contribution in [3.8, 4) is 11.3 Å². The normalized spacial score (nSPS) is 16.1. The molecule has 28 heavy (non-hydrogen) atoms. The number of hydrogen-bond acceptors (Lipinski definition) is 4. The summed E-state index contributed by atoms with van der Waals surface area (Å²) in [6.45, 7) is 0. The number of halogens is 1. The minimum Gasteiger partial charge on any atom is -0.311 e. The van der Waals surface area contributed by atoms with Crippen molar-refractivity contribution in [3.63, 3.8) is 0 Å². The average molecular weight is 390 g/mol. The summed E-state index contributed by atoms with van der Waals surface area (Å²) >= 11 is 6.09. The van der Waals surface area contributed by atoms with Gasteiger partial charge in [0.05, 0.1) is 11.2 Å². The standard InChI is InChI=1S/C21H16ClN5O/c1-27-21-19(20(26-27)13-3-2-8-23-11-13)15(10-18(28)25-21)17-6-4-12-9-14(22)5-7-16(12)24-17/h2-9,11,15H,10H2,1H3,(H,25,28). The van der Waals surface area contributed by atoms with Crippen LogP contribution in [-0.2, 0) is 11.8 Å². The van der Waals surface area contributed by atoms with Gasteiger partial charge in [-0.1, -0.05) is 17.7 Å². The van der Waals surface area contributed by atoms with Gasteiger partial charge in [0.25, 0.3) is 0 Å². The average Bonchev–Trinajstić information content (AvgIpc) is 3.04. The quantitative estimate of drug-likeness (QED) is 0.558. The number of nitrogens with zero attached hydrogens (tertiary/aromatic N) is 4. The number of aromatic nitrogens is 4. The molecule has 1 aromatic carbocycles. The van der Waals surface area contributed by atoms with Crippen LogP contribution in [-0.4, -0.2) is 25.7 Å². The number of anilines is 1. The number of nitrogens with one attached hydrogen (secondary N) is 1. The number of rotatable bonds is 2. The highest BCUT2D eigenvalue weighted by molar-refractivity contribution is 6.31. The second kappa shape index (κ2) is 6.42. The van der Waals surface area contributed by atoms with Crippen molar-refractivity contribution in [1.82, 2.24) is 19.7 Å². The first-order valence-electron chi connectivity index (χ1n) is 8.93. The number of pyridine rings is 2. The van der Waals surface area contributed by atoms with E-state index < -0.39 is 0 Å². The molecule has 1 unspecified atom stereocenters. The number of aryl methyl sites for hydroxylation is 1. The zero-order valence-electron chi connectivity index (χ0n) is 15.1. The van der Waals surface area contributed by atoms with Gasteiger partial charge in [0, 0.05) is 59.0 Å². The van der Waals surface area contributed by atoms with Crippen molar-refractivity contribution in [2.45, 2.75) is 12.3 Å². The van der Waals surface area contributed by atoms with Gasteiger partial charge in [-0.25, -0.2) is 0 Å². The first-order chi connectivity index (χ1) is 13.6. The molecule has 1 aliphatic rings. The van der Waals surface area contributed by atoms with E-state index >= 15 is 0 Å². The second-order valence-corrected chi connectivity index (χ2v) is 7.29. The number of hydrogen-bond donors (Lipinski definition) is 1. The highest BCUT2D eigenvalue weighted by Gasteiger charge is 2.34. The van der Waals surface area contributed by atoms with Crippen molar-refractivity contribution in [2.24, 2.45) is 7.05 Å². The number of carbonyl (C=O) groups is 1. The topological polar surface area (TPSA) is 72.7 Å². The van der Waals surface area contributed by atoms with Gasteiger partial charge >= 0.3 is 0 Å². The summed E-state index contributed by atoms with van der Waals surface area (Å²) in [7, 11) is 1.83. The molecule has 1 atom stereocenters. The van der Waals surface area contributed by atoms with Crippen LogP contribution in [0.15, 0.2) is 54.9 Å². The maximum Gasteiger partial charge on any atom is 0.226 e. The van der Waals surface area contributed by atoms with E-state index in [1.165, 1.54) is 0 Å². The molecule has 6 nitrogen and oxygen atoms in total. The predicted octanol–water partition coefficient (Wildman–Crippen LogP) is 4.16. The van der Waals surface area contributed by atoms with E-state index in [1.807, 2.05) is 49.5 Å². The Labute approximate surface area is 166 Å². The van der Waals surface area contributed by atoms with E-state index in [-0.39, 0.29) is 11.8 Å². The van der Waals surface area contributed by atoms with E-state index in [2.05, 4.69) is 15.4 Å². The van der Waals surface area contributed by atoms with Crippen LogP contribution in [0.2, 0.25) is 5.02 Å². The lowest BCUT2D eigenvalue weighted by Crippen LogP contribution is -2.25. The number of benzene rings is 1. The van der Waals surface area contributed by atoms with Crippen molar-refractivity contribution in [2.75, 3.05) is 5.32 Å². The molecule has 1 N–H and O–H groups in total. The SMILES string of the molecule is Cn1nc(-c2cccnc2)c2c1NC(=O)CC2c1ccc2cc(Cl)ccc2n1. The van der Waals surface area contributed by atoms with Crippen molar-refractivity contribution < 1.29 is 4.79 Å². The lowest BCUT2D eigenvalue weighted by atomic mass is 9.87. The van der Waals surface area contributed by atoms with Gasteiger partial charge in [-0.2, -0.15) is 5.10 Å². The summed E-state index contributed by atoms with van der Waals surface area (Å²) in [4.78, 5) is 21.4. The molecule has 0 saturated carbocycles. The van der Waals surface area contributed by atoms with Crippen molar-refractivity contribution in [3.05, 3.63) is 71.1 Å². The van der Waals surface area contributed by atoms with Gasteiger partial charge in [0.2, 0.25) is 5.91 Å². The Morgan fingerprint density at radius 1 is 1.21 bits per heavy atom. The van der Waals surface area contributed by atoms with E-state index in [0.29, 0.717) is 17.3 Å². The molecule has 0 aliphatic carbocycles. The highest BCUT2D eigenvalue weighted by Crippen LogP contribution is 2.42. The van der Waals surface area contributed by atoms with Crippen LogP contribution in [0.25, 0.3) is 22.2 Å². The molecule has 0 spiro atoms. The van der Waals surface area contributed by atoms with Crippen LogP contribution >= 0.6 is 11.6 Å². The Morgan fingerprint density at radius 2 is 2.11 bits per heavy atom. The Morgan fingerprint density at radius 3 is 2.93 bits per heavy atom. The van der Waals surface area contributed by atoms with Gasteiger partial charge < -0.3 is 5.32 Å². The van der Waals surface area contributed by atoms with Gasteiger partial charge in [0.1, 0.15) is 5.82 Å². The summed E-state index contributed by atoms with van der Waals surface area (Å²) in [5, 5.41) is 9.26. The minimum absolute atomic E-state index is 0.0451. The third-order valence-electron chi connectivity index (χ3n) is 5.04. The fraction of sp³-hybridized carbons (Fsp3) is 0.143. The van der Waals surface area contributed by atoms with E-state index in [0.717, 1.165) is 33.4 Å². The Hall–Kier alpha value is -3.25. The molecule has 7 heteroatoms. The maximum atomic E-state index is 12.4. The van der Waals surface area contributed by atoms with Crippen LogP contribution < -0.4 is 5.32 Å². The highest BCUT2D eigenvalue weighted by atomic mass is 35.5. The third-order valence-corrected chi connectivity index (χ3v) is 5.28. The van der Waals surface area contributed by atoms with Gasteiger partial charge in [-0.3, -0.25) is 19.4 Å². The molecule has 0 radical (unpaired) electrons. The van der Waals surface area contributed by atoms with Gasteiger partial charge in [0.15, 0.2) is 0 Å². The first-order valence-corrected chi connectivity index (χ1v) is 9.31. The lowest BCUT2D eigenvalue weighted by molar-refractivity contribution is -0.116. The minimum atomic E-state index is -0.187. The third kappa shape index (κ3) is 2.73. The largest absolute Gasteiger partial charge is 0.311 e. The van der Waals surface area contributed by atoms with Crippen LogP contribution in [0.3, 0.4) is 0 Å². The molecule has 1 amide bonds. The second-order valence-electron chi connectivity index (χ2n) is 6.85. The summed E-state index contributed by atoms with van der Waals surface area (Å²) < 4.78 is 1.71. The Balaban J connectivity index is 1.70. The maximum absolute atomic E-state index is 12.4. The molecule has 4 heterocycles. The van der Waals surface area contributed by atoms with Gasteiger partial charge in [-0.05, 0) is 36.4 Å².